The van der Waals surface area contributed by atoms with E-state index in [4.69, 9.17) is 5.40 Å². The van der Waals surface area contributed by atoms with Crippen molar-refractivity contribution in [2.75, 3.05) is 0 Å². The first-order chi connectivity index (χ1) is 39.4. The first-order valence-corrected chi connectivity index (χ1v) is 26.0. The fourth-order valence-corrected chi connectivity index (χ4v) is 11.1. The van der Waals surface area contributed by atoms with Crippen LogP contribution in [0.25, 0.3) is 0 Å². The van der Waals surface area contributed by atoms with Crippen molar-refractivity contribution in [3.8, 4) is 0 Å². The van der Waals surface area contributed by atoms with Crippen molar-refractivity contribution < 1.29 is 224 Å². The van der Waals surface area contributed by atoms with Crippen LogP contribution in [0, 0.1) is 0 Å². The van der Waals surface area contributed by atoms with E-state index in [9.17, 15) is 224 Å². The van der Waals surface area contributed by atoms with Crippen LogP contribution in [-0.4, -0.2) is 151 Å². The van der Waals surface area contributed by atoms with Crippen molar-refractivity contribution in [2.24, 2.45) is 5.40 Å². The Morgan fingerprint density at radius 3 is 0.402 bits per heavy atom. The van der Waals surface area contributed by atoms with Gasteiger partial charge in [-0.1, -0.05) is 38.5 Å². The van der Waals surface area contributed by atoms with Crippen LogP contribution in [0.3, 0.4) is 0 Å². The summed E-state index contributed by atoms with van der Waals surface area (Å²) in [6, 6.07) is -3.54. The van der Waals surface area contributed by atoms with Crippen LogP contribution in [0.5, 0.6) is 0 Å². The topological polar surface area (TPSA) is 26.0 Å². The Hall–Kier alpha value is -3.39. The minimum Gasteiger partial charge on any atom is -0.351 e. The molecule has 0 aromatic carbocycles. The van der Waals surface area contributed by atoms with Gasteiger partial charge in [-0.15, -0.1) is 0 Å². The molecule has 554 valence electrons. The van der Waals surface area contributed by atoms with Gasteiger partial charge in [0.15, 0.2) is 0 Å². The van der Waals surface area contributed by atoms with Crippen LogP contribution >= 0.6 is 0 Å². The third-order valence-corrected chi connectivity index (χ3v) is 17.4. The zero-order valence-electron chi connectivity index (χ0n) is 43.0. The highest BCUT2D eigenvalue weighted by molar-refractivity contribution is 6.76. The van der Waals surface area contributed by atoms with Gasteiger partial charge in [0.2, 0.25) is 0 Å². The van der Waals surface area contributed by atoms with Crippen LogP contribution < -0.4 is 5.40 Å². The first kappa shape index (κ1) is 88.6. The number of unbranched alkanes of at least 4 members (excludes halogenated alkanes) is 6. The van der Waals surface area contributed by atoms with E-state index in [-0.39, 0.29) is 0 Å². The zero-order valence-corrected chi connectivity index (χ0v) is 44.0. The molecule has 0 atom stereocenters. The normalized spacial score (nSPS) is 16.7. The molecule has 0 aliphatic carbocycles. The molecule has 0 saturated heterocycles. The quantitative estimate of drug-likeness (QED) is 0.0378. The van der Waals surface area contributed by atoms with Crippen molar-refractivity contribution in [3.05, 3.63) is 0 Å². The Kier molecular flexibility index (Phi) is 24.2. The lowest BCUT2D eigenvalue weighted by atomic mass is 9.88. The third kappa shape index (κ3) is 13.7. The molecule has 53 heteroatoms. The van der Waals surface area contributed by atoms with Gasteiger partial charge in [-0.05, 0) is 37.4 Å². The predicted octanol–water partition coefficient (Wildman–Crippen LogP) is 21.6. The molecular formula is C39H32F51NSi. The third-order valence-electron chi connectivity index (χ3n) is 13.4. The van der Waals surface area contributed by atoms with Gasteiger partial charge in [0.1, 0.15) is 8.24 Å². The van der Waals surface area contributed by atoms with E-state index in [1.54, 1.807) is 0 Å². The summed E-state index contributed by atoms with van der Waals surface area (Å²) in [5.74, 6) is -180. The molecule has 0 rings (SSSR count). The Labute approximate surface area is 476 Å². The van der Waals surface area contributed by atoms with Gasteiger partial charge in [0.25, 0.3) is 0 Å². The van der Waals surface area contributed by atoms with Gasteiger partial charge in [0, 0.05) is 19.3 Å². The molecule has 0 unspecified atom stereocenters. The second kappa shape index (κ2) is 25.2. The van der Waals surface area contributed by atoms with Crippen molar-refractivity contribution in [1.82, 2.24) is 0 Å². The van der Waals surface area contributed by atoms with Gasteiger partial charge < -0.3 is 5.40 Å². The number of halogens is 51. The molecule has 0 bridgehead atoms. The molecule has 2 N–H and O–H groups in total. The van der Waals surface area contributed by atoms with Gasteiger partial charge in [-0.25, -0.2) is 0 Å². The minimum atomic E-state index is -9.09. The Morgan fingerprint density at radius 2 is 0.272 bits per heavy atom. The molecule has 1 nitrogen and oxygen atoms in total. The molecule has 0 aliphatic heterocycles. The average molecular weight is 1510 g/mol. The number of alkyl halides is 51. The molecule has 0 aromatic rings. The van der Waals surface area contributed by atoms with E-state index in [1.807, 2.05) is 0 Å². The van der Waals surface area contributed by atoms with E-state index in [0.29, 0.717) is 0 Å². The molecule has 0 aromatic heterocycles. The standard InChI is InChI=1S/C39H32F51NSi/c40-16(41,19(46,47)22(52,53)25(58,59)28(64,65)31(70,71)34(76,77)37(82,83)84)10-4-1-7-13-92(91,14-8-2-5-11-17(42,43)20(48,49)23(54,55)26(60,61)29(66,67)32(72,73)35(78,79)38(85,86)87)15-9-3-6-12-18(44,45)21(50,51)24(56,57)27(62,63)30(68,69)33(74,75)36(80,81)39(88,89)90/h1-15,91H2. The second-order valence-corrected chi connectivity index (χ2v) is 24.2. The summed E-state index contributed by atoms with van der Waals surface area (Å²) < 4.78 is 695. The number of nitrogens with two attached hydrogens (primary N) is 1. The molecular weight excluding hydrogens is 1480 g/mol. The largest absolute Gasteiger partial charge is 0.460 e. The zero-order chi connectivity index (χ0) is 75.1. The van der Waals surface area contributed by atoms with Gasteiger partial charge in [-0.3, -0.25) is 0 Å². The van der Waals surface area contributed by atoms with Crippen LogP contribution in [0.4, 0.5) is 224 Å². The molecule has 0 fully saturated rings. The molecule has 0 heterocycles. The predicted molar refractivity (Wildman–Crippen MR) is 202 cm³/mol. The van der Waals surface area contributed by atoms with E-state index in [0.717, 1.165) is 0 Å². The smallest absolute Gasteiger partial charge is 0.351 e. The summed E-state index contributed by atoms with van der Waals surface area (Å²) in [6.45, 7) is 0. The summed E-state index contributed by atoms with van der Waals surface area (Å²) >= 11 is 0. The molecule has 0 spiro atoms. The maximum atomic E-state index is 14.4. The molecule has 0 aliphatic rings. The number of hydrogen-bond donors (Lipinski definition) is 1. The minimum absolute atomic E-state index is 1.18. The highest BCUT2D eigenvalue weighted by Gasteiger charge is 2.98. The molecule has 92 heavy (non-hydrogen) atoms. The maximum absolute atomic E-state index is 14.4. The van der Waals surface area contributed by atoms with Crippen LogP contribution in [0.15, 0.2) is 0 Å². The van der Waals surface area contributed by atoms with Crippen LogP contribution in [0.2, 0.25) is 18.1 Å². The van der Waals surface area contributed by atoms with Crippen molar-refractivity contribution in [2.45, 2.75) is 238 Å². The molecule has 0 radical (unpaired) electrons. The SMILES string of the molecule is N[Si](CCCCCC(F)(F)C(F)(F)C(F)(F)C(F)(F)C(F)(F)C(F)(F)C(F)(F)C(F)(F)F)(CCCCCC(F)(F)C(F)(F)C(F)(F)C(F)(F)C(F)(F)C(F)(F)C(F)(F)C(F)(F)F)CCCCCC(F)(F)C(F)(F)C(F)(F)C(F)(F)C(F)(F)C(F)(F)C(F)(F)C(F)(F)F. The van der Waals surface area contributed by atoms with Gasteiger partial charge >= 0.3 is 143 Å². The number of rotatable bonds is 36. The summed E-state index contributed by atoms with van der Waals surface area (Å²) in [7, 11) is -4.57. The number of hydrogen-bond acceptors (Lipinski definition) is 1. The Morgan fingerprint density at radius 1 is 0.152 bits per heavy atom. The summed E-state index contributed by atoms with van der Waals surface area (Å²) in [6.07, 6.45) is -48.1. The van der Waals surface area contributed by atoms with E-state index in [1.165, 1.54) is 0 Å². The second-order valence-electron chi connectivity index (χ2n) is 20.0. The first-order valence-electron chi connectivity index (χ1n) is 23.3. The lowest BCUT2D eigenvalue weighted by Gasteiger charge is -2.42. The highest BCUT2D eigenvalue weighted by Crippen LogP contribution is 2.68. The summed E-state index contributed by atoms with van der Waals surface area (Å²) in [5.41, 5.74) is 0. The highest BCUT2D eigenvalue weighted by atomic mass is 28.3. The van der Waals surface area contributed by atoms with Crippen molar-refractivity contribution >= 4 is 8.24 Å². The van der Waals surface area contributed by atoms with E-state index in [2.05, 4.69) is 0 Å². The molecule has 0 amide bonds. The summed E-state index contributed by atoms with van der Waals surface area (Å²) in [5, 5.41) is 5.94. The van der Waals surface area contributed by atoms with Crippen molar-refractivity contribution in [1.29, 1.82) is 0 Å². The lowest BCUT2D eigenvalue weighted by molar-refractivity contribution is -0.461. The average Bonchev–Trinajstić information content (AvgIpc) is 0.710. The van der Waals surface area contributed by atoms with Crippen LogP contribution in [0.1, 0.15) is 77.0 Å². The fourth-order valence-electron chi connectivity index (χ4n) is 7.44. The van der Waals surface area contributed by atoms with E-state index >= 15 is 0 Å². The fraction of sp³-hybridized carbons (Fsp3) is 1.00. The van der Waals surface area contributed by atoms with Gasteiger partial charge in [0.05, 0.1) is 0 Å². The lowest BCUT2D eigenvalue weighted by Crippen LogP contribution is -2.74. The van der Waals surface area contributed by atoms with Crippen molar-refractivity contribution in [3.63, 3.8) is 0 Å². The van der Waals surface area contributed by atoms with Crippen LogP contribution in [-0.2, 0) is 0 Å². The van der Waals surface area contributed by atoms with Gasteiger partial charge in [-0.2, -0.15) is 224 Å². The van der Waals surface area contributed by atoms with E-state index < -0.39 is 246 Å². The Bertz CT molecular complexity index is 2160. The summed E-state index contributed by atoms with van der Waals surface area (Å²) in [4.78, 5) is 0. The molecule has 0 saturated carbocycles. The Balaban J connectivity index is 7.02. The maximum Gasteiger partial charge on any atom is 0.460 e. The monoisotopic (exact) mass is 1510 g/mol.